The maximum atomic E-state index is 6.18. The summed E-state index contributed by atoms with van der Waals surface area (Å²) >= 11 is 6.18. The van der Waals surface area contributed by atoms with Crippen LogP contribution >= 0.6 is 11.6 Å². The number of benzene rings is 1. The highest BCUT2D eigenvalue weighted by Crippen LogP contribution is 2.31. The van der Waals surface area contributed by atoms with Gasteiger partial charge in [-0.05, 0) is 37.6 Å². The van der Waals surface area contributed by atoms with E-state index in [0.29, 0.717) is 6.04 Å². The van der Waals surface area contributed by atoms with Gasteiger partial charge in [-0.3, -0.25) is 0 Å². The highest BCUT2D eigenvalue weighted by atomic mass is 35.5. The fourth-order valence-electron chi connectivity index (χ4n) is 2.89. The second-order valence-corrected chi connectivity index (χ2v) is 5.88. The van der Waals surface area contributed by atoms with E-state index < -0.39 is 0 Å². The number of halogens is 1. The fourth-order valence-corrected chi connectivity index (χ4v) is 3.05. The van der Waals surface area contributed by atoms with Gasteiger partial charge >= 0.3 is 0 Å². The summed E-state index contributed by atoms with van der Waals surface area (Å²) in [5.74, 6) is 0. The van der Waals surface area contributed by atoms with Crippen LogP contribution in [0.25, 0.3) is 0 Å². The van der Waals surface area contributed by atoms with Gasteiger partial charge in [0.2, 0.25) is 0 Å². The molecule has 2 heterocycles. The zero-order chi connectivity index (χ0) is 13.8. The normalized spacial score (nSPS) is 23.6. The molecule has 0 amide bonds. The average Bonchev–Trinajstić information content (AvgIpc) is 2.51. The summed E-state index contributed by atoms with van der Waals surface area (Å²) in [5, 5.41) is 7.90. The van der Waals surface area contributed by atoms with E-state index >= 15 is 0 Å². The summed E-state index contributed by atoms with van der Waals surface area (Å²) in [6.45, 7) is 5.60. The van der Waals surface area contributed by atoms with E-state index in [4.69, 9.17) is 16.3 Å². The third kappa shape index (κ3) is 3.37. The Kier molecular flexibility index (Phi) is 4.65. The molecule has 5 heteroatoms. The Morgan fingerprint density at radius 1 is 1.30 bits per heavy atom. The first kappa shape index (κ1) is 14.0. The van der Waals surface area contributed by atoms with Crippen LogP contribution in [-0.4, -0.2) is 45.4 Å². The number of nitrogens with one attached hydrogen (secondary N) is 2. The average molecular weight is 296 g/mol. The van der Waals surface area contributed by atoms with E-state index in [2.05, 4.69) is 27.7 Å². The summed E-state index contributed by atoms with van der Waals surface area (Å²) in [7, 11) is 0. The molecule has 0 bridgehead atoms. The molecule has 1 aromatic carbocycles. The van der Waals surface area contributed by atoms with Gasteiger partial charge in [0.05, 0.1) is 24.6 Å². The van der Waals surface area contributed by atoms with E-state index in [1.165, 1.54) is 24.2 Å². The lowest BCUT2D eigenvalue weighted by Crippen LogP contribution is -2.40. The summed E-state index contributed by atoms with van der Waals surface area (Å²) < 4.78 is 5.44. The number of ether oxygens (including phenoxy) is 1. The molecule has 20 heavy (non-hydrogen) atoms. The van der Waals surface area contributed by atoms with Gasteiger partial charge in [0.25, 0.3) is 0 Å². The Labute approximate surface area is 125 Å². The van der Waals surface area contributed by atoms with Crippen LogP contribution < -0.4 is 15.5 Å². The van der Waals surface area contributed by atoms with Gasteiger partial charge in [-0.25, -0.2) is 0 Å². The van der Waals surface area contributed by atoms with Gasteiger partial charge in [0, 0.05) is 30.7 Å². The highest BCUT2D eigenvalue weighted by Gasteiger charge is 2.18. The summed E-state index contributed by atoms with van der Waals surface area (Å²) in [6, 6.07) is 6.63. The largest absolute Gasteiger partial charge is 0.379 e. The Morgan fingerprint density at radius 3 is 2.90 bits per heavy atom. The van der Waals surface area contributed by atoms with Crippen LogP contribution in [0.1, 0.15) is 12.8 Å². The number of morpholine rings is 1. The van der Waals surface area contributed by atoms with Crippen LogP contribution in [0.3, 0.4) is 0 Å². The van der Waals surface area contributed by atoms with Crippen molar-refractivity contribution >= 4 is 23.0 Å². The molecule has 2 fully saturated rings. The summed E-state index contributed by atoms with van der Waals surface area (Å²) in [5.41, 5.74) is 2.39. The molecule has 0 spiro atoms. The van der Waals surface area contributed by atoms with Gasteiger partial charge in [0.15, 0.2) is 0 Å². The molecule has 0 radical (unpaired) electrons. The molecule has 0 aromatic heterocycles. The molecule has 2 N–H and O–H groups in total. The highest BCUT2D eigenvalue weighted by molar-refractivity contribution is 6.31. The smallest absolute Gasteiger partial charge is 0.0642 e. The summed E-state index contributed by atoms with van der Waals surface area (Å²) in [4.78, 5) is 2.36. The molecule has 1 atom stereocenters. The molecular weight excluding hydrogens is 274 g/mol. The fraction of sp³-hybridized carbons (Fsp3) is 0.600. The maximum Gasteiger partial charge on any atom is 0.0642 e. The van der Waals surface area contributed by atoms with Crippen LogP contribution in [0.5, 0.6) is 0 Å². The second-order valence-electron chi connectivity index (χ2n) is 5.45. The second kappa shape index (κ2) is 6.66. The standard InChI is InChI=1S/C15H22ClN3O/c16-12-3-4-14(18-13-2-1-5-17-11-13)15(10-12)19-6-8-20-9-7-19/h3-4,10,13,17-18H,1-2,5-9,11H2/t13-/m1/s1. The molecule has 0 aliphatic carbocycles. The lowest BCUT2D eigenvalue weighted by molar-refractivity contribution is 0.123. The zero-order valence-electron chi connectivity index (χ0n) is 11.7. The van der Waals surface area contributed by atoms with Gasteiger partial charge in [-0.1, -0.05) is 11.6 Å². The first-order valence-electron chi connectivity index (χ1n) is 7.42. The summed E-state index contributed by atoms with van der Waals surface area (Å²) in [6.07, 6.45) is 2.45. The van der Waals surface area contributed by atoms with E-state index in [0.717, 1.165) is 44.4 Å². The number of anilines is 2. The van der Waals surface area contributed by atoms with Crippen LogP contribution in [0.4, 0.5) is 11.4 Å². The lowest BCUT2D eigenvalue weighted by atomic mass is 10.1. The van der Waals surface area contributed by atoms with Crippen LogP contribution in [0, 0.1) is 0 Å². The monoisotopic (exact) mass is 295 g/mol. The molecule has 1 aromatic rings. The molecule has 0 saturated carbocycles. The van der Waals surface area contributed by atoms with Crippen molar-refractivity contribution in [1.29, 1.82) is 0 Å². The Bertz CT molecular complexity index is 443. The third-order valence-corrected chi connectivity index (χ3v) is 4.20. The number of rotatable bonds is 3. The Hall–Kier alpha value is -0.970. The molecule has 4 nitrogen and oxygen atoms in total. The number of piperidine rings is 1. The molecule has 3 rings (SSSR count). The first-order valence-corrected chi connectivity index (χ1v) is 7.80. The Balaban J connectivity index is 1.77. The molecule has 110 valence electrons. The minimum Gasteiger partial charge on any atom is -0.379 e. The maximum absolute atomic E-state index is 6.18. The minimum atomic E-state index is 0.504. The number of hydrogen-bond donors (Lipinski definition) is 2. The van der Waals surface area contributed by atoms with Crippen molar-refractivity contribution in [1.82, 2.24) is 5.32 Å². The van der Waals surface area contributed by atoms with Crippen molar-refractivity contribution in [2.75, 3.05) is 49.6 Å². The Morgan fingerprint density at radius 2 is 2.15 bits per heavy atom. The third-order valence-electron chi connectivity index (χ3n) is 3.97. The van der Waals surface area contributed by atoms with Crippen molar-refractivity contribution in [3.63, 3.8) is 0 Å². The SMILES string of the molecule is Clc1ccc(N[C@@H]2CCCNC2)c(N2CCOCC2)c1. The van der Waals surface area contributed by atoms with Crippen LogP contribution in [-0.2, 0) is 4.74 Å². The number of nitrogens with zero attached hydrogens (tertiary/aromatic N) is 1. The van der Waals surface area contributed by atoms with Crippen molar-refractivity contribution in [2.45, 2.75) is 18.9 Å². The van der Waals surface area contributed by atoms with Crippen molar-refractivity contribution in [3.8, 4) is 0 Å². The first-order chi connectivity index (χ1) is 9.83. The molecule has 2 aliphatic rings. The van der Waals surface area contributed by atoms with Gasteiger partial charge < -0.3 is 20.3 Å². The molecular formula is C15H22ClN3O. The quantitative estimate of drug-likeness (QED) is 0.897. The van der Waals surface area contributed by atoms with Gasteiger partial charge in [0.1, 0.15) is 0 Å². The van der Waals surface area contributed by atoms with Gasteiger partial charge in [-0.2, -0.15) is 0 Å². The van der Waals surface area contributed by atoms with E-state index in [-0.39, 0.29) is 0 Å². The van der Waals surface area contributed by atoms with Crippen molar-refractivity contribution < 1.29 is 4.74 Å². The predicted molar refractivity (Wildman–Crippen MR) is 84.0 cm³/mol. The topological polar surface area (TPSA) is 36.5 Å². The van der Waals surface area contributed by atoms with Crippen LogP contribution in [0.15, 0.2) is 18.2 Å². The van der Waals surface area contributed by atoms with E-state index in [1.54, 1.807) is 0 Å². The van der Waals surface area contributed by atoms with E-state index in [9.17, 15) is 0 Å². The van der Waals surface area contributed by atoms with Crippen LogP contribution in [0.2, 0.25) is 5.02 Å². The van der Waals surface area contributed by atoms with Crippen molar-refractivity contribution in [2.24, 2.45) is 0 Å². The molecule has 2 saturated heterocycles. The lowest BCUT2D eigenvalue weighted by Gasteiger charge is -2.32. The molecule has 0 unspecified atom stereocenters. The van der Waals surface area contributed by atoms with Gasteiger partial charge in [-0.15, -0.1) is 0 Å². The number of hydrogen-bond acceptors (Lipinski definition) is 4. The van der Waals surface area contributed by atoms with Crippen molar-refractivity contribution in [3.05, 3.63) is 23.2 Å². The minimum absolute atomic E-state index is 0.504. The zero-order valence-corrected chi connectivity index (χ0v) is 12.5. The van der Waals surface area contributed by atoms with E-state index in [1.807, 2.05) is 6.07 Å². The predicted octanol–water partition coefficient (Wildman–Crippen LogP) is 2.34. The molecule has 2 aliphatic heterocycles.